The van der Waals surface area contributed by atoms with Crippen LogP contribution < -0.4 is 10.1 Å². The van der Waals surface area contributed by atoms with Crippen molar-refractivity contribution in [3.63, 3.8) is 0 Å². The average molecular weight is 463 g/mol. The van der Waals surface area contributed by atoms with E-state index in [-0.39, 0.29) is 29.7 Å². The molecule has 9 heteroatoms. The molecule has 0 saturated carbocycles. The summed E-state index contributed by atoms with van der Waals surface area (Å²) >= 11 is 0. The van der Waals surface area contributed by atoms with Crippen molar-refractivity contribution in [3.05, 3.63) is 77.1 Å². The Labute approximate surface area is 186 Å². The Morgan fingerprint density at radius 3 is 2.48 bits per heavy atom. The van der Waals surface area contributed by atoms with E-state index in [0.717, 1.165) is 0 Å². The molecule has 1 fully saturated rings. The zero-order valence-corrected chi connectivity index (χ0v) is 17.4. The van der Waals surface area contributed by atoms with Crippen molar-refractivity contribution < 1.29 is 36.9 Å². The normalized spacial score (nSPS) is 18.8. The van der Waals surface area contributed by atoms with Gasteiger partial charge in [-0.25, -0.2) is 4.39 Å². The van der Waals surface area contributed by atoms with Crippen LogP contribution in [0.4, 0.5) is 17.6 Å². The van der Waals surface area contributed by atoms with E-state index >= 15 is 4.39 Å². The number of aliphatic hydroxyl groups excluding tert-OH is 1. The summed E-state index contributed by atoms with van der Waals surface area (Å²) in [4.78, 5) is 12.9. The molecule has 33 heavy (non-hydrogen) atoms. The van der Waals surface area contributed by atoms with Crippen molar-refractivity contribution >= 4 is 16.7 Å². The number of halogens is 4. The minimum Gasteiger partial charge on any atom is -0.406 e. The number of aliphatic hydroxyl groups is 1. The van der Waals surface area contributed by atoms with Crippen LogP contribution in [0.15, 0.2) is 54.6 Å². The number of benzene rings is 3. The number of amides is 1. The molecule has 1 aliphatic heterocycles. The molecule has 1 saturated heterocycles. The highest BCUT2D eigenvalue weighted by atomic mass is 19.4. The first kappa shape index (κ1) is 23.0. The highest BCUT2D eigenvalue weighted by Gasteiger charge is 2.31. The molecule has 4 rings (SSSR count). The summed E-state index contributed by atoms with van der Waals surface area (Å²) < 4.78 is 61.5. The summed E-state index contributed by atoms with van der Waals surface area (Å²) in [5, 5.41) is 13.6. The lowest BCUT2D eigenvalue weighted by molar-refractivity contribution is -0.274. The van der Waals surface area contributed by atoms with Crippen LogP contribution in [-0.2, 0) is 11.2 Å². The van der Waals surface area contributed by atoms with Crippen molar-refractivity contribution in [1.82, 2.24) is 5.32 Å². The molecule has 5 nitrogen and oxygen atoms in total. The summed E-state index contributed by atoms with van der Waals surface area (Å²) in [6.45, 7) is 0.464. The monoisotopic (exact) mass is 463 g/mol. The van der Waals surface area contributed by atoms with Gasteiger partial charge in [0.25, 0.3) is 5.91 Å². The average Bonchev–Trinajstić information content (AvgIpc) is 2.77. The van der Waals surface area contributed by atoms with E-state index in [1.54, 1.807) is 24.3 Å². The number of carbonyl (C=O) groups excluding carboxylic acids is 1. The van der Waals surface area contributed by atoms with Crippen molar-refractivity contribution in [2.24, 2.45) is 0 Å². The summed E-state index contributed by atoms with van der Waals surface area (Å²) in [5.41, 5.74) is 1.13. The Hall–Kier alpha value is -3.17. The van der Waals surface area contributed by atoms with Gasteiger partial charge in [-0.3, -0.25) is 4.79 Å². The number of ether oxygens (including phenoxy) is 2. The third kappa shape index (κ3) is 5.43. The fraction of sp³-hybridized carbons (Fsp3) is 0.292. The van der Waals surface area contributed by atoms with Crippen molar-refractivity contribution in [3.8, 4) is 5.75 Å². The van der Waals surface area contributed by atoms with Crippen LogP contribution in [0, 0.1) is 5.82 Å². The largest absolute Gasteiger partial charge is 0.573 e. The van der Waals surface area contributed by atoms with Gasteiger partial charge in [0, 0.05) is 12.0 Å². The molecule has 1 amide bonds. The van der Waals surface area contributed by atoms with E-state index < -0.39 is 30.2 Å². The summed E-state index contributed by atoms with van der Waals surface area (Å²) in [5.74, 6) is -1.67. The van der Waals surface area contributed by atoms with Crippen molar-refractivity contribution in [1.29, 1.82) is 0 Å². The Morgan fingerprint density at radius 2 is 1.82 bits per heavy atom. The van der Waals surface area contributed by atoms with Crippen LogP contribution in [0.3, 0.4) is 0 Å². The predicted octanol–water partition coefficient (Wildman–Crippen LogP) is 4.35. The van der Waals surface area contributed by atoms with Gasteiger partial charge in [-0.1, -0.05) is 36.4 Å². The van der Waals surface area contributed by atoms with E-state index in [0.29, 0.717) is 29.5 Å². The number of rotatable bonds is 5. The molecule has 1 heterocycles. The van der Waals surface area contributed by atoms with E-state index in [4.69, 9.17) is 4.74 Å². The summed E-state index contributed by atoms with van der Waals surface area (Å²) in [7, 11) is 0. The first-order chi connectivity index (χ1) is 15.7. The van der Waals surface area contributed by atoms with Crippen LogP contribution in [0.5, 0.6) is 5.75 Å². The molecule has 3 aromatic rings. The van der Waals surface area contributed by atoms with E-state index in [9.17, 15) is 23.1 Å². The zero-order valence-electron chi connectivity index (χ0n) is 17.4. The molecule has 3 aromatic carbocycles. The third-order valence-electron chi connectivity index (χ3n) is 5.50. The number of carbonyl (C=O) groups is 1. The lowest BCUT2D eigenvalue weighted by Gasteiger charge is -2.28. The van der Waals surface area contributed by atoms with Gasteiger partial charge in [-0.15, -0.1) is 13.2 Å². The first-order valence-corrected chi connectivity index (χ1v) is 10.3. The minimum absolute atomic E-state index is 0.0877. The topological polar surface area (TPSA) is 67.8 Å². The smallest absolute Gasteiger partial charge is 0.406 e. The molecule has 0 unspecified atom stereocenters. The maximum atomic E-state index is 15.2. The molecular weight excluding hydrogens is 442 g/mol. The lowest BCUT2D eigenvalue weighted by Crippen LogP contribution is -2.48. The standard InChI is InChI=1S/C24H21F4NO4/c25-22-18-4-2-1-3-17(18)15(11-14-5-7-16(8-6-14)33-24(26,27)28)12-19(22)23(31)29-20-9-10-32-13-21(20)30/h1-8,12,20-21,30H,9-11,13H2,(H,29,31)/t20-,21-/m0/s1. The second-order valence-electron chi connectivity index (χ2n) is 7.82. The minimum atomic E-state index is -4.78. The Balaban J connectivity index is 1.64. The van der Waals surface area contributed by atoms with Crippen LogP contribution in [0.25, 0.3) is 10.8 Å². The predicted molar refractivity (Wildman–Crippen MR) is 113 cm³/mol. The Morgan fingerprint density at radius 1 is 1.12 bits per heavy atom. The van der Waals surface area contributed by atoms with Gasteiger partial charge in [0.05, 0.1) is 24.3 Å². The second-order valence-corrected chi connectivity index (χ2v) is 7.82. The fourth-order valence-corrected chi connectivity index (χ4v) is 3.89. The zero-order chi connectivity index (χ0) is 23.6. The third-order valence-corrected chi connectivity index (χ3v) is 5.50. The van der Waals surface area contributed by atoms with Gasteiger partial charge >= 0.3 is 6.36 Å². The summed E-state index contributed by atoms with van der Waals surface area (Å²) in [6.07, 6.45) is -5.01. The SMILES string of the molecule is O=C(N[C@H]1CCOC[C@@H]1O)c1cc(Cc2ccc(OC(F)(F)F)cc2)c2ccccc2c1F. The van der Waals surface area contributed by atoms with Gasteiger partial charge in [-0.2, -0.15) is 0 Å². The molecule has 0 bridgehead atoms. The van der Waals surface area contributed by atoms with Crippen molar-refractivity contribution in [2.45, 2.75) is 31.3 Å². The molecule has 0 aliphatic carbocycles. The first-order valence-electron chi connectivity index (χ1n) is 10.3. The van der Waals surface area contributed by atoms with Gasteiger partial charge in [0.1, 0.15) is 11.6 Å². The lowest BCUT2D eigenvalue weighted by atomic mass is 9.94. The molecule has 0 aromatic heterocycles. The maximum absolute atomic E-state index is 15.2. The molecule has 0 spiro atoms. The van der Waals surface area contributed by atoms with E-state index in [1.807, 2.05) is 0 Å². The van der Waals surface area contributed by atoms with Crippen LogP contribution in [0.2, 0.25) is 0 Å². The van der Waals surface area contributed by atoms with E-state index in [2.05, 4.69) is 10.1 Å². The van der Waals surface area contributed by atoms with Gasteiger partial charge < -0.3 is 19.9 Å². The number of alkyl halides is 3. The molecular formula is C24H21F4NO4. The van der Waals surface area contributed by atoms with Gasteiger partial charge in [0.15, 0.2) is 0 Å². The fourth-order valence-electron chi connectivity index (χ4n) is 3.89. The number of hydrogen-bond acceptors (Lipinski definition) is 4. The van der Waals surface area contributed by atoms with Crippen molar-refractivity contribution in [2.75, 3.05) is 13.2 Å². The summed E-state index contributed by atoms with van der Waals surface area (Å²) in [6, 6.07) is 12.9. The molecule has 2 N–H and O–H groups in total. The number of nitrogens with one attached hydrogen (secondary N) is 1. The maximum Gasteiger partial charge on any atom is 0.573 e. The quantitative estimate of drug-likeness (QED) is 0.553. The van der Waals surface area contributed by atoms with Crippen LogP contribution >= 0.6 is 0 Å². The highest BCUT2D eigenvalue weighted by molar-refractivity contribution is 6.00. The Bertz CT molecular complexity index is 1150. The molecule has 174 valence electrons. The number of fused-ring (bicyclic) bond motifs is 1. The van der Waals surface area contributed by atoms with E-state index in [1.165, 1.54) is 30.3 Å². The second kappa shape index (κ2) is 9.36. The van der Waals surface area contributed by atoms with Gasteiger partial charge in [0.2, 0.25) is 0 Å². The molecule has 2 atom stereocenters. The molecule has 1 aliphatic rings. The highest BCUT2D eigenvalue weighted by Crippen LogP contribution is 2.29. The number of hydrogen-bond donors (Lipinski definition) is 2. The Kier molecular flexibility index (Phi) is 6.53. The van der Waals surface area contributed by atoms with Gasteiger partial charge in [-0.05, 0) is 47.6 Å². The molecule has 0 radical (unpaired) electrons. The van der Waals surface area contributed by atoms with Crippen LogP contribution in [0.1, 0.15) is 27.9 Å². The van der Waals surface area contributed by atoms with Crippen LogP contribution in [-0.4, -0.2) is 42.7 Å².